The summed E-state index contributed by atoms with van der Waals surface area (Å²) in [4.78, 5) is 12.9. The zero-order chi connectivity index (χ0) is 11.1. The van der Waals surface area contributed by atoms with Crippen LogP contribution in [0, 0.1) is 11.8 Å². The second-order valence-corrected chi connectivity index (χ2v) is 3.96. The van der Waals surface area contributed by atoms with Crippen LogP contribution in [0.15, 0.2) is 12.1 Å². The molecule has 2 N–H and O–H groups in total. The summed E-state index contributed by atoms with van der Waals surface area (Å²) in [6, 6.07) is 3.53. The smallest absolute Gasteiger partial charge is 0.261 e. The Morgan fingerprint density at radius 2 is 2.40 bits per heavy atom. The van der Waals surface area contributed by atoms with Crippen molar-refractivity contribution < 1.29 is 9.90 Å². The summed E-state index contributed by atoms with van der Waals surface area (Å²) in [5.74, 6) is 5.25. The Morgan fingerprint density at radius 3 is 3.07 bits per heavy atom. The molecule has 15 heavy (non-hydrogen) atoms. The molecule has 1 aromatic rings. The van der Waals surface area contributed by atoms with Crippen molar-refractivity contribution in [2.24, 2.45) is 0 Å². The zero-order valence-corrected chi connectivity index (χ0v) is 9.36. The van der Waals surface area contributed by atoms with Gasteiger partial charge in [0.25, 0.3) is 5.91 Å². The van der Waals surface area contributed by atoms with Gasteiger partial charge in [0.15, 0.2) is 0 Å². The van der Waals surface area contributed by atoms with Crippen LogP contribution < -0.4 is 5.32 Å². The molecule has 1 heterocycles. The molecule has 0 bridgehead atoms. The molecule has 0 radical (unpaired) electrons. The van der Waals surface area contributed by atoms with E-state index in [0.717, 1.165) is 11.3 Å². The van der Waals surface area contributed by atoms with E-state index in [9.17, 15) is 4.79 Å². The van der Waals surface area contributed by atoms with Crippen molar-refractivity contribution in [3.63, 3.8) is 0 Å². The van der Waals surface area contributed by atoms with E-state index in [1.807, 2.05) is 6.92 Å². The molecular formula is C11H13NO2S. The van der Waals surface area contributed by atoms with Crippen LogP contribution in [0.3, 0.4) is 0 Å². The lowest BCUT2D eigenvalue weighted by atomic mass is 10.4. The van der Waals surface area contributed by atoms with Crippen LogP contribution in [0.25, 0.3) is 0 Å². The molecule has 0 saturated heterocycles. The topological polar surface area (TPSA) is 49.3 Å². The van der Waals surface area contributed by atoms with Gasteiger partial charge in [0.05, 0.1) is 9.75 Å². The summed E-state index contributed by atoms with van der Waals surface area (Å²) in [7, 11) is 0. The van der Waals surface area contributed by atoms with Gasteiger partial charge in [-0.15, -0.1) is 11.3 Å². The summed E-state index contributed by atoms with van der Waals surface area (Å²) in [6.45, 7) is 2.54. The van der Waals surface area contributed by atoms with Crippen LogP contribution in [0.4, 0.5) is 0 Å². The minimum atomic E-state index is -0.157. The van der Waals surface area contributed by atoms with Crippen molar-refractivity contribution in [1.82, 2.24) is 5.32 Å². The first kappa shape index (κ1) is 11.8. The number of amides is 1. The third kappa shape index (κ3) is 3.74. The highest BCUT2D eigenvalue weighted by Gasteiger charge is 2.06. The van der Waals surface area contributed by atoms with Crippen molar-refractivity contribution in [3.8, 4) is 11.8 Å². The zero-order valence-electron chi connectivity index (χ0n) is 8.54. The second-order valence-electron chi connectivity index (χ2n) is 2.88. The lowest BCUT2D eigenvalue weighted by Crippen LogP contribution is -2.22. The maximum absolute atomic E-state index is 11.5. The molecule has 0 aliphatic heterocycles. The van der Waals surface area contributed by atoms with Crippen LogP contribution >= 0.6 is 11.3 Å². The molecule has 0 unspecified atom stereocenters. The van der Waals surface area contributed by atoms with E-state index in [2.05, 4.69) is 17.2 Å². The van der Waals surface area contributed by atoms with Gasteiger partial charge in [-0.1, -0.05) is 18.8 Å². The van der Waals surface area contributed by atoms with Crippen LogP contribution in [-0.4, -0.2) is 24.2 Å². The van der Waals surface area contributed by atoms with Crippen LogP contribution in [0.5, 0.6) is 0 Å². The molecule has 1 amide bonds. The molecule has 4 heteroatoms. The summed E-state index contributed by atoms with van der Waals surface area (Å²) in [6.07, 6.45) is 0.925. The molecule has 0 spiro atoms. The number of carbonyl (C=O) groups excluding carboxylic acids is 1. The van der Waals surface area contributed by atoms with Crippen molar-refractivity contribution in [3.05, 3.63) is 21.9 Å². The average molecular weight is 223 g/mol. The van der Waals surface area contributed by atoms with E-state index in [-0.39, 0.29) is 12.5 Å². The molecule has 1 rings (SSSR count). The van der Waals surface area contributed by atoms with Crippen molar-refractivity contribution in [2.75, 3.05) is 13.2 Å². The maximum atomic E-state index is 11.5. The highest BCUT2D eigenvalue weighted by Crippen LogP contribution is 2.14. The Hall–Kier alpha value is -1.31. The number of nitrogens with one attached hydrogen (secondary N) is 1. The van der Waals surface area contributed by atoms with Gasteiger partial charge in [-0.2, -0.15) is 0 Å². The number of hydrogen-bond donors (Lipinski definition) is 2. The number of hydrogen-bond acceptors (Lipinski definition) is 3. The number of thiophene rings is 1. The van der Waals surface area contributed by atoms with Gasteiger partial charge in [0.2, 0.25) is 0 Å². The molecule has 0 saturated carbocycles. The Balaban J connectivity index is 2.63. The van der Waals surface area contributed by atoms with Crippen LogP contribution in [0.1, 0.15) is 27.9 Å². The number of carbonyl (C=O) groups is 1. The minimum Gasteiger partial charge on any atom is -0.384 e. The van der Waals surface area contributed by atoms with Gasteiger partial charge in [0.1, 0.15) is 6.61 Å². The third-order valence-corrected chi connectivity index (χ3v) is 2.66. The van der Waals surface area contributed by atoms with Crippen molar-refractivity contribution in [2.45, 2.75) is 13.3 Å². The second kappa shape index (κ2) is 6.23. The standard InChI is InChI=1S/C11H13NO2S/c1-2-7-12-11(14)10-6-5-9(15-10)4-3-8-13/h5-6,13H,2,7-8H2,1H3,(H,12,14). The van der Waals surface area contributed by atoms with Gasteiger partial charge in [-0.05, 0) is 18.6 Å². The summed E-state index contributed by atoms with van der Waals surface area (Å²) >= 11 is 1.33. The normalized spacial score (nSPS) is 9.20. The van der Waals surface area contributed by atoms with Gasteiger partial charge >= 0.3 is 0 Å². The van der Waals surface area contributed by atoms with Crippen LogP contribution in [-0.2, 0) is 0 Å². The van der Waals surface area contributed by atoms with Crippen molar-refractivity contribution in [1.29, 1.82) is 0 Å². The Kier molecular flexibility index (Phi) is 4.88. The first-order valence-corrected chi connectivity index (χ1v) is 5.57. The molecule has 0 aromatic carbocycles. The largest absolute Gasteiger partial charge is 0.384 e. The molecule has 0 atom stereocenters. The minimum absolute atomic E-state index is 0.0566. The monoisotopic (exact) mass is 223 g/mol. The molecule has 3 nitrogen and oxygen atoms in total. The van der Waals surface area contributed by atoms with Crippen LogP contribution in [0.2, 0.25) is 0 Å². The lowest BCUT2D eigenvalue weighted by Gasteiger charge is -1.98. The highest BCUT2D eigenvalue weighted by molar-refractivity contribution is 7.14. The molecule has 80 valence electrons. The van der Waals surface area contributed by atoms with E-state index < -0.39 is 0 Å². The fourth-order valence-corrected chi connectivity index (χ4v) is 1.78. The van der Waals surface area contributed by atoms with E-state index in [1.54, 1.807) is 12.1 Å². The fourth-order valence-electron chi connectivity index (χ4n) is 0.979. The Morgan fingerprint density at radius 1 is 1.60 bits per heavy atom. The van der Waals surface area contributed by atoms with E-state index in [0.29, 0.717) is 11.4 Å². The lowest BCUT2D eigenvalue weighted by molar-refractivity contribution is 0.0957. The highest BCUT2D eigenvalue weighted by atomic mass is 32.1. The molecule has 1 aromatic heterocycles. The first-order chi connectivity index (χ1) is 7.27. The fraction of sp³-hybridized carbons (Fsp3) is 0.364. The average Bonchev–Trinajstić information content (AvgIpc) is 2.71. The van der Waals surface area contributed by atoms with E-state index in [4.69, 9.17) is 5.11 Å². The first-order valence-electron chi connectivity index (χ1n) is 4.75. The van der Waals surface area contributed by atoms with E-state index >= 15 is 0 Å². The molecule has 0 fully saturated rings. The quantitative estimate of drug-likeness (QED) is 0.757. The predicted octanol–water partition coefficient (Wildman–Crippen LogP) is 1.23. The predicted molar refractivity (Wildman–Crippen MR) is 60.9 cm³/mol. The number of rotatable bonds is 3. The molecular weight excluding hydrogens is 210 g/mol. The SMILES string of the molecule is CCCNC(=O)c1ccc(C#CCO)s1. The van der Waals surface area contributed by atoms with Crippen molar-refractivity contribution >= 4 is 17.2 Å². The Labute approximate surface area is 93.1 Å². The van der Waals surface area contributed by atoms with Gasteiger partial charge < -0.3 is 10.4 Å². The summed E-state index contributed by atoms with van der Waals surface area (Å²) in [5, 5.41) is 11.3. The van der Waals surface area contributed by atoms with Gasteiger partial charge in [-0.25, -0.2) is 0 Å². The van der Waals surface area contributed by atoms with E-state index in [1.165, 1.54) is 11.3 Å². The summed E-state index contributed by atoms with van der Waals surface area (Å²) < 4.78 is 0. The number of aliphatic hydroxyl groups is 1. The molecule has 0 aliphatic carbocycles. The van der Waals surface area contributed by atoms with Gasteiger partial charge in [0, 0.05) is 6.54 Å². The Bertz CT molecular complexity index is 387. The maximum Gasteiger partial charge on any atom is 0.261 e. The number of aliphatic hydroxyl groups excluding tert-OH is 1. The third-order valence-electron chi connectivity index (χ3n) is 1.66. The summed E-state index contributed by atoms with van der Waals surface area (Å²) in [5.41, 5.74) is 0. The molecule has 0 aliphatic rings. The van der Waals surface area contributed by atoms with Gasteiger partial charge in [-0.3, -0.25) is 4.79 Å².